The number of rotatable bonds is 2. The molecule has 0 bridgehead atoms. The van der Waals surface area contributed by atoms with Gasteiger partial charge in [0.2, 0.25) is 11.6 Å². The van der Waals surface area contributed by atoms with Crippen LogP contribution in [0, 0.1) is 5.41 Å². The van der Waals surface area contributed by atoms with Gasteiger partial charge in [0.05, 0.1) is 0 Å². The maximum Gasteiger partial charge on any atom is 0.219 e. The molecule has 1 saturated carbocycles. The van der Waals surface area contributed by atoms with E-state index < -0.39 is 28.5 Å². The number of Topliss-reactive ketones (excluding diaryl/α,β-unsaturated/α-hetero) is 4. The molecular formula is C8H8O4. The highest BCUT2D eigenvalue weighted by atomic mass is 16.2. The van der Waals surface area contributed by atoms with Crippen molar-refractivity contribution in [1.82, 2.24) is 0 Å². The quantitative estimate of drug-likeness (QED) is 0.419. The van der Waals surface area contributed by atoms with E-state index in [4.69, 9.17) is 0 Å². The molecule has 0 unspecified atom stereocenters. The van der Waals surface area contributed by atoms with Crippen LogP contribution in [0.1, 0.15) is 20.3 Å². The van der Waals surface area contributed by atoms with Crippen LogP contribution in [0.5, 0.6) is 0 Å². The van der Waals surface area contributed by atoms with Crippen molar-refractivity contribution in [3.8, 4) is 0 Å². The van der Waals surface area contributed by atoms with Crippen LogP contribution < -0.4 is 0 Å². The molecule has 0 aromatic carbocycles. The van der Waals surface area contributed by atoms with E-state index in [1.807, 2.05) is 0 Å². The van der Waals surface area contributed by atoms with Crippen LogP contribution in [0.4, 0.5) is 0 Å². The minimum Gasteiger partial charge on any atom is -0.298 e. The molecule has 64 valence electrons. The van der Waals surface area contributed by atoms with E-state index in [2.05, 4.69) is 0 Å². The zero-order chi connectivity index (χ0) is 9.52. The van der Waals surface area contributed by atoms with Gasteiger partial charge in [-0.2, -0.15) is 0 Å². The largest absolute Gasteiger partial charge is 0.298 e. The van der Waals surface area contributed by atoms with Gasteiger partial charge in [0.15, 0.2) is 17.0 Å². The van der Waals surface area contributed by atoms with E-state index in [1.54, 1.807) is 0 Å². The Bertz CT molecular complexity index is 286. The zero-order valence-corrected chi connectivity index (χ0v) is 6.84. The molecule has 1 aliphatic carbocycles. The molecule has 0 spiro atoms. The van der Waals surface area contributed by atoms with Crippen molar-refractivity contribution in [2.24, 2.45) is 5.41 Å². The number of hydrogen-bond donors (Lipinski definition) is 0. The molecule has 0 saturated heterocycles. The third-order valence-electron chi connectivity index (χ3n) is 2.27. The molecule has 4 heteroatoms. The van der Waals surface area contributed by atoms with Gasteiger partial charge in [0.1, 0.15) is 0 Å². The summed E-state index contributed by atoms with van der Waals surface area (Å²) < 4.78 is 0. The molecule has 12 heavy (non-hydrogen) atoms. The summed E-state index contributed by atoms with van der Waals surface area (Å²) in [5, 5.41) is 0. The number of carbonyl (C=O) groups excluding carboxylic acids is 4. The minimum atomic E-state index is -1.61. The molecule has 1 rings (SSSR count). The lowest BCUT2D eigenvalue weighted by atomic mass is 9.62. The van der Waals surface area contributed by atoms with Gasteiger partial charge in [-0.25, -0.2) is 0 Å². The number of hydrogen-bond acceptors (Lipinski definition) is 4. The first-order valence-electron chi connectivity index (χ1n) is 3.52. The second-order valence-corrected chi connectivity index (χ2v) is 2.95. The fourth-order valence-electron chi connectivity index (χ4n) is 1.35. The molecule has 0 aromatic rings. The SMILES string of the molecule is CC(=O)C1(C(C)=O)CC(=O)C1=O. The highest BCUT2D eigenvalue weighted by molar-refractivity contribution is 6.56. The zero-order valence-electron chi connectivity index (χ0n) is 6.84. The minimum absolute atomic E-state index is 0.240. The lowest BCUT2D eigenvalue weighted by Gasteiger charge is -2.32. The van der Waals surface area contributed by atoms with Crippen molar-refractivity contribution in [3.05, 3.63) is 0 Å². The van der Waals surface area contributed by atoms with Gasteiger partial charge in [-0.1, -0.05) is 0 Å². The molecule has 0 atom stereocenters. The van der Waals surface area contributed by atoms with Crippen molar-refractivity contribution in [2.75, 3.05) is 0 Å². The monoisotopic (exact) mass is 168 g/mol. The van der Waals surface area contributed by atoms with Crippen LogP contribution in [0.3, 0.4) is 0 Å². The van der Waals surface area contributed by atoms with Crippen LogP contribution in [-0.2, 0) is 19.2 Å². The molecule has 0 N–H and O–H groups in total. The normalized spacial score (nSPS) is 20.2. The summed E-state index contributed by atoms with van der Waals surface area (Å²) in [5.41, 5.74) is -1.61. The Morgan fingerprint density at radius 2 is 1.58 bits per heavy atom. The Balaban J connectivity index is 3.09. The summed E-state index contributed by atoms with van der Waals surface area (Å²) in [6.07, 6.45) is -0.240. The molecule has 1 aliphatic rings. The molecule has 0 aliphatic heterocycles. The second-order valence-electron chi connectivity index (χ2n) is 2.95. The van der Waals surface area contributed by atoms with Crippen molar-refractivity contribution < 1.29 is 19.2 Å². The molecule has 4 nitrogen and oxygen atoms in total. The second kappa shape index (κ2) is 2.33. The van der Waals surface area contributed by atoms with Crippen LogP contribution in [0.25, 0.3) is 0 Å². The van der Waals surface area contributed by atoms with Crippen LogP contribution in [-0.4, -0.2) is 23.1 Å². The molecule has 0 radical (unpaired) electrons. The third kappa shape index (κ3) is 0.776. The topological polar surface area (TPSA) is 68.3 Å². The maximum atomic E-state index is 11.0. The van der Waals surface area contributed by atoms with Gasteiger partial charge >= 0.3 is 0 Å². The van der Waals surface area contributed by atoms with Crippen molar-refractivity contribution in [2.45, 2.75) is 20.3 Å². The summed E-state index contributed by atoms with van der Waals surface area (Å²) in [7, 11) is 0. The Kier molecular flexibility index (Phi) is 1.71. The highest BCUT2D eigenvalue weighted by Crippen LogP contribution is 2.36. The molecule has 0 aromatic heterocycles. The first-order valence-corrected chi connectivity index (χ1v) is 3.52. The fourth-order valence-corrected chi connectivity index (χ4v) is 1.35. The molecule has 1 fully saturated rings. The Labute approximate surface area is 68.9 Å². The highest BCUT2D eigenvalue weighted by Gasteiger charge is 2.60. The average molecular weight is 168 g/mol. The third-order valence-corrected chi connectivity index (χ3v) is 2.27. The van der Waals surface area contributed by atoms with Gasteiger partial charge in [0.25, 0.3) is 0 Å². The Morgan fingerprint density at radius 1 is 1.17 bits per heavy atom. The molecular weight excluding hydrogens is 160 g/mol. The van der Waals surface area contributed by atoms with Gasteiger partial charge in [0, 0.05) is 6.42 Å². The summed E-state index contributed by atoms with van der Waals surface area (Å²) >= 11 is 0. The van der Waals surface area contributed by atoms with Crippen molar-refractivity contribution in [3.63, 3.8) is 0 Å². The summed E-state index contributed by atoms with van der Waals surface area (Å²) in [6, 6.07) is 0. The smallest absolute Gasteiger partial charge is 0.219 e. The van der Waals surface area contributed by atoms with E-state index in [0.717, 1.165) is 13.8 Å². The Morgan fingerprint density at radius 3 is 1.67 bits per heavy atom. The maximum absolute atomic E-state index is 11.0. The van der Waals surface area contributed by atoms with E-state index in [-0.39, 0.29) is 6.42 Å². The summed E-state index contributed by atoms with van der Waals surface area (Å²) in [5.74, 6) is -2.53. The van der Waals surface area contributed by atoms with Gasteiger partial charge in [-0.05, 0) is 13.8 Å². The molecule has 0 heterocycles. The van der Waals surface area contributed by atoms with E-state index in [0.29, 0.717) is 0 Å². The van der Waals surface area contributed by atoms with E-state index in [9.17, 15) is 19.2 Å². The van der Waals surface area contributed by atoms with Crippen molar-refractivity contribution >= 4 is 23.1 Å². The van der Waals surface area contributed by atoms with Crippen LogP contribution >= 0.6 is 0 Å². The van der Waals surface area contributed by atoms with Gasteiger partial charge in [-0.3, -0.25) is 19.2 Å². The predicted molar refractivity (Wildman–Crippen MR) is 38.4 cm³/mol. The molecule has 0 amide bonds. The van der Waals surface area contributed by atoms with Crippen LogP contribution in [0.2, 0.25) is 0 Å². The van der Waals surface area contributed by atoms with Gasteiger partial charge in [-0.15, -0.1) is 0 Å². The lowest BCUT2D eigenvalue weighted by Crippen LogP contribution is -2.58. The summed E-state index contributed by atoms with van der Waals surface area (Å²) in [4.78, 5) is 43.5. The average Bonchev–Trinajstić information content (AvgIpc) is 1.97. The van der Waals surface area contributed by atoms with Crippen LogP contribution in [0.15, 0.2) is 0 Å². The Hall–Kier alpha value is -1.32. The predicted octanol–water partition coefficient (Wildman–Crippen LogP) is -0.307. The lowest BCUT2D eigenvalue weighted by molar-refractivity contribution is -0.162. The van der Waals surface area contributed by atoms with E-state index in [1.165, 1.54) is 0 Å². The summed E-state index contributed by atoms with van der Waals surface area (Å²) in [6.45, 7) is 2.32. The van der Waals surface area contributed by atoms with E-state index >= 15 is 0 Å². The first kappa shape index (κ1) is 8.77. The number of carbonyl (C=O) groups is 4. The first-order chi connectivity index (χ1) is 5.43. The fraction of sp³-hybridized carbons (Fsp3) is 0.500. The standard InChI is InChI=1S/C8H8O4/c1-4(9)8(5(2)10)3-6(11)7(8)12/h3H2,1-2H3. The number of ketones is 4. The van der Waals surface area contributed by atoms with Gasteiger partial charge < -0.3 is 0 Å². The van der Waals surface area contributed by atoms with Crippen molar-refractivity contribution in [1.29, 1.82) is 0 Å².